The molecule has 0 aromatic carbocycles. The third-order valence-corrected chi connectivity index (χ3v) is 2.47. The van der Waals surface area contributed by atoms with E-state index in [9.17, 15) is 14.5 Å². The van der Waals surface area contributed by atoms with Gasteiger partial charge in [-0.05, 0) is 13.8 Å². The summed E-state index contributed by atoms with van der Waals surface area (Å²) in [6.45, 7) is 3.08. The second-order valence-corrected chi connectivity index (χ2v) is 3.48. The second-order valence-electron chi connectivity index (χ2n) is 1.60. The van der Waals surface area contributed by atoms with E-state index in [1.807, 2.05) is 0 Å². The Kier molecular flexibility index (Phi) is 15.7. The van der Waals surface area contributed by atoms with Crippen molar-refractivity contribution in [1.82, 2.24) is 0 Å². The molecule has 0 aliphatic heterocycles. The van der Waals surface area contributed by atoms with Crippen LogP contribution in [0.4, 0.5) is 4.79 Å². The van der Waals surface area contributed by atoms with E-state index in [4.69, 9.17) is 0 Å². The Morgan fingerprint density at radius 2 is 1.54 bits per heavy atom. The van der Waals surface area contributed by atoms with Crippen LogP contribution in [0.25, 0.3) is 0 Å². The summed E-state index contributed by atoms with van der Waals surface area (Å²) in [5, 5.41) is 10.2. The van der Waals surface area contributed by atoms with Crippen molar-refractivity contribution in [3.8, 4) is 0 Å². The van der Waals surface area contributed by atoms with Crippen molar-refractivity contribution >= 4 is 13.3 Å². The van der Waals surface area contributed by atoms with Gasteiger partial charge in [-0.15, -0.1) is 0 Å². The molecule has 5 nitrogen and oxygen atoms in total. The Morgan fingerprint density at radius 3 is 1.69 bits per heavy atom. The topological polar surface area (TPSA) is 75.7 Å². The SMILES string of the molecule is CCOP(=O)(OCC)C(=O)[O-].[Na+].[Na+]. The van der Waals surface area contributed by atoms with Crippen LogP contribution in [-0.2, 0) is 13.6 Å². The molecule has 0 heterocycles. The van der Waals surface area contributed by atoms with E-state index in [1.165, 1.54) is 13.8 Å². The number of carbonyl (C=O) groups excluding carboxylic acids is 1. The van der Waals surface area contributed by atoms with Crippen LogP contribution in [0.2, 0.25) is 0 Å². The third-order valence-electron chi connectivity index (χ3n) is 0.822. The molecule has 0 N–H and O–H groups in total. The van der Waals surface area contributed by atoms with Gasteiger partial charge in [-0.3, -0.25) is 4.57 Å². The average molecular weight is 227 g/mol. The van der Waals surface area contributed by atoms with Crippen molar-refractivity contribution in [3.63, 3.8) is 0 Å². The zero-order valence-corrected chi connectivity index (χ0v) is 13.3. The summed E-state index contributed by atoms with van der Waals surface area (Å²) in [4.78, 5) is 10.2. The van der Waals surface area contributed by atoms with Gasteiger partial charge >= 0.3 is 66.7 Å². The molecule has 0 atom stereocenters. The molecular weight excluding hydrogens is 217 g/mol. The van der Waals surface area contributed by atoms with Gasteiger partial charge in [-0.25, -0.2) is 0 Å². The molecule has 0 aliphatic carbocycles. The smallest absolute Gasteiger partial charge is 0.538 e. The van der Waals surface area contributed by atoms with Gasteiger partial charge in [0, 0.05) is 0 Å². The fourth-order valence-electron chi connectivity index (χ4n) is 0.483. The van der Waals surface area contributed by atoms with E-state index in [-0.39, 0.29) is 72.3 Å². The summed E-state index contributed by atoms with van der Waals surface area (Å²) in [6.07, 6.45) is 0. The van der Waals surface area contributed by atoms with E-state index < -0.39 is 13.3 Å². The Labute approximate surface area is 122 Å². The third kappa shape index (κ3) is 7.54. The first-order valence-corrected chi connectivity index (χ1v) is 4.71. The number of rotatable bonds is 5. The summed E-state index contributed by atoms with van der Waals surface area (Å²) >= 11 is 0. The Morgan fingerprint density at radius 1 is 1.23 bits per heavy atom. The Balaban J connectivity index is -0.000000500. The average Bonchev–Trinajstić information content (AvgIpc) is 1.88. The van der Waals surface area contributed by atoms with Gasteiger partial charge in [0.15, 0.2) is 5.71 Å². The van der Waals surface area contributed by atoms with Crippen molar-refractivity contribution in [2.24, 2.45) is 0 Å². The summed E-state index contributed by atoms with van der Waals surface area (Å²) in [5.74, 6) is 0. The molecule has 0 fully saturated rings. The maximum Gasteiger partial charge on any atom is 1.00 e. The van der Waals surface area contributed by atoms with Crippen LogP contribution in [0, 0.1) is 0 Å². The zero-order valence-electron chi connectivity index (χ0n) is 8.40. The van der Waals surface area contributed by atoms with E-state index in [0.29, 0.717) is 0 Å². The van der Waals surface area contributed by atoms with Gasteiger partial charge in [-0.2, -0.15) is 0 Å². The van der Waals surface area contributed by atoms with E-state index in [0.717, 1.165) is 0 Å². The monoisotopic (exact) mass is 227 g/mol. The first kappa shape index (κ1) is 20.1. The molecule has 0 spiro atoms. The van der Waals surface area contributed by atoms with Crippen molar-refractivity contribution in [3.05, 3.63) is 0 Å². The van der Waals surface area contributed by atoms with Gasteiger partial charge in [0.25, 0.3) is 0 Å². The molecule has 66 valence electrons. The fourth-order valence-corrected chi connectivity index (χ4v) is 1.45. The largest absolute Gasteiger partial charge is 1.00 e. The van der Waals surface area contributed by atoms with Gasteiger partial charge in [0.05, 0.1) is 13.2 Å². The second kappa shape index (κ2) is 10.1. The van der Waals surface area contributed by atoms with Crippen molar-refractivity contribution < 1.29 is 82.6 Å². The Bertz CT molecular complexity index is 176. The molecule has 0 radical (unpaired) electrons. The van der Waals surface area contributed by atoms with E-state index >= 15 is 0 Å². The molecule has 0 amide bonds. The van der Waals surface area contributed by atoms with Crippen LogP contribution < -0.4 is 64.2 Å². The number of carbonyl (C=O) groups is 1. The van der Waals surface area contributed by atoms with Gasteiger partial charge < -0.3 is 18.9 Å². The number of hydrogen-bond acceptors (Lipinski definition) is 5. The van der Waals surface area contributed by atoms with Crippen LogP contribution in [0.3, 0.4) is 0 Å². The maximum atomic E-state index is 11.0. The van der Waals surface area contributed by atoms with Crippen LogP contribution in [0.5, 0.6) is 0 Å². The van der Waals surface area contributed by atoms with Gasteiger partial charge in [-0.1, -0.05) is 0 Å². The van der Waals surface area contributed by atoms with Crippen molar-refractivity contribution in [1.29, 1.82) is 0 Å². The molecule has 0 aliphatic rings. The molecule has 0 rings (SSSR count). The van der Waals surface area contributed by atoms with Crippen LogP contribution >= 0.6 is 7.60 Å². The molecule has 0 aromatic rings. The molecule has 0 unspecified atom stereocenters. The first-order valence-electron chi connectivity index (χ1n) is 3.17. The summed E-state index contributed by atoms with van der Waals surface area (Å²) < 4.78 is 19.8. The molecule has 13 heavy (non-hydrogen) atoms. The van der Waals surface area contributed by atoms with Crippen LogP contribution in [-0.4, -0.2) is 18.9 Å². The molecule has 0 saturated carbocycles. The normalized spacial score (nSPS) is 9.69. The summed E-state index contributed by atoms with van der Waals surface area (Å²) in [7, 11) is -3.99. The number of hydrogen-bond donors (Lipinski definition) is 0. The predicted octanol–water partition coefficient (Wildman–Crippen LogP) is -5.40. The van der Waals surface area contributed by atoms with Crippen molar-refractivity contribution in [2.45, 2.75) is 13.8 Å². The van der Waals surface area contributed by atoms with Crippen LogP contribution in [0.15, 0.2) is 0 Å². The zero-order chi connectivity index (χ0) is 8.91. The van der Waals surface area contributed by atoms with Crippen LogP contribution in [0.1, 0.15) is 13.8 Å². The van der Waals surface area contributed by atoms with Crippen molar-refractivity contribution in [2.75, 3.05) is 13.2 Å². The van der Waals surface area contributed by atoms with E-state index in [2.05, 4.69) is 9.05 Å². The quantitative estimate of drug-likeness (QED) is 0.346. The van der Waals surface area contributed by atoms with Gasteiger partial charge in [0.2, 0.25) is 0 Å². The number of carboxylic acid groups (broad SMARTS) is 1. The summed E-state index contributed by atoms with van der Waals surface area (Å²) in [5.41, 5.74) is -1.79. The minimum Gasteiger partial charge on any atom is -0.538 e. The molecule has 0 saturated heterocycles. The summed E-state index contributed by atoms with van der Waals surface area (Å²) in [6, 6.07) is 0. The first-order chi connectivity index (χ1) is 5.06. The van der Waals surface area contributed by atoms with Gasteiger partial charge in [0.1, 0.15) is 0 Å². The maximum absolute atomic E-state index is 11.0. The minimum absolute atomic E-state index is 0. The minimum atomic E-state index is -3.99. The molecular formula is C5H10Na2O5P+. The molecule has 0 bridgehead atoms. The fraction of sp³-hybridized carbons (Fsp3) is 0.800. The predicted molar refractivity (Wildman–Crippen MR) is 36.3 cm³/mol. The standard InChI is InChI=1S/C5H11O5P.2Na/c1-3-9-11(8,5(6)7)10-4-2;;/h3-4H2,1-2H3,(H,6,7);;/q;2*+1/p-1. The molecule has 0 aromatic heterocycles. The Hall–Kier alpha value is 1.62. The molecule has 8 heteroatoms. The van der Waals surface area contributed by atoms with E-state index in [1.54, 1.807) is 0 Å².